The summed E-state index contributed by atoms with van der Waals surface area (Å²) in [6.45, 7) is 5.93. The molecule has 4 rings (SSSR count). The summed E-state index contributed by atoms with van der Waals surface area (Å²) in [6, 6.07) is 10.2. The Morgan fingerprint density at radius 2 is 1.97 bits per heavy atom. The molecule has 1 aromatic carbocycles. The Hall–Kier alpha value is -2.07. The second-order valence-corrected chi connectivity index (χ2v) is 9.68. The van der Waals surface area contributed by atoms with Gasteiger partial charge in [-0.15, -0.1) is 0 Å². The highest BCUT2D eigenvalue weighted by Gasteiger charge is 2.29. The molecule has 1 saturated carbocycles. The van der Waals surface area contributed by atoms with Gasteiger partial charge in [0.05, 0.1) is 19.3 Å². The first-order valence-electron chi connectivity index (χ1n) is 12.4. The summed E-state index contributed by atoms with van der Waals surface area (Å²) in [6.07, 6.45) is 8.55. The van der Waals surface area contributed by atoms with Crippen molar-refractivity contribution in [3.63, 3.8) is 0 Å². The molecule has 7 heteroatoms. The van der Waals surface area contributed by atoms with Crippen molar-refractivity contribution in [3.05, 3.63) is 46.4 Å². The van der Waals surface area contributed by atoms with Crippen LogP contribution in [0.1, 0.15) is 81.0 Å². The maximum atomic E-state index is 9.68. The SMILES string of the molecule is CCCCC1CCC(c2nc(C#N)c(NC[C@H](c3ccccc3Cl)N3CCOCC3)o2)CC1. The fourth-order valence-corrected chi connectivity index (χ4v) is 5.42. The molecule has 1 aromatic heterocycles. The Labute approximate surface area is 202 Å². The number of anilines is 1. The van der Waals surface area contributed by atoms with Gasteiger partial charge >= 0.3 is 0 Å². The summed E-state index contributed by atoms with van der Waals surface area (Å²) in [4.78, 5) is 6.94. The number of hydrogen-bond donors (Lipinski definition) is 1. The van der Waals surface area contributed by atoms with Crippen LogP contribution >= 0.6 is 11.6 Å². The smallest absolute Gasteiger partial charge is 0.232 e. The van der Waals surface area contributed by atoms with E-state index in [2.05, 4.69) is 34.3 Å². The third-order valence-electron chi connectivity index (χ3n) is 7.12. The second-order valence-electron chi connectivity index (χ2n) is 9.27. The number of aromatic nitrogens is 1. The number of nitrogens with one attached hydrogen (secondary N) is 1. The zero-order chi connectivity index (χ0) is 23.0. The Balaban J connectivity index is 1.45. The Morgan fingerprint density at radius 1 is 1.21 bits per heavy atom. The number of rotatable bonds is 9. The van der Waals surface area contributed by atoms with Crippen LogP contribution in [0.3, 0.4) is 0 Å². The molecule has 2 heterocycles. The van der Waals surface area contributed by atoms with E-state index in [1.54, 1.807) is 0 Å². The predicted octanol–water partition coefficient (Wildman–Crippen LogP) is 6.15. The second kappa shape index (κ2) is 11.9. The van der Waals surface area contributed by atoms with E-state index in [1.807, 2.05) is 18.2 Å². The van der Waals surface area contributed by atoms with Gasteiger partial charge in [0, 0.05) is 30.6 Å². The van der Waals surface area contributed by atoms with Crippen LogP contribution in [-0.4, -0.2) is 42.7 Å². The van der Waals surface area contributed by atoms with Crippen molar-refractivity contribution in [1.82, 2.24) is 9.88 Å². The summed E-state index contributed by atoms with van der Waals surface area (Å²) in [7, 11) is 0. The molecule has 178 valence electrons. The van der Waals surface area contributed by atoms with Gasteiger partial charge in [-0.05, 0) is 43.2 Å². The van der Waals surface area contributed by atoms with Gasteiger partial charge in [0.2, 0.25) is 17.5 Å². The third kappa shape index (κ3) is 6.09. The lowest BCUT2D eigenvalue weighted by Crippen LogP contribution is -2.41. The van der Waals surface area contributed by atoms with E-state index in [-0.39, 0.29) is 6.04 Å². The molecule has 1 aliphatic carbocycles. The van der Waals surface area contributed by atoms with Crippen molar-refractivity contribution in [1.29, 1.82) is 5.26 Å². The number of hydrogen-bond acceptors (Lipinski definition) is 6. The van der Waals surface area contributed by atoms with E-state index < -0.39 is 0 Å². The Kier molecular flexibility index (Phi) is 8.66. The molecule has 1 N–H and O–H groups in total. The van der Waals surface area contributed by atoms with Crippen LogP contribution in [-0.2, 0) is 4.74 Å². The first-order valence-corrected chi connectivity index (χ1v) is 12.8. The van der Waals surface area contributed by atoms with E-state index in [0.29, 0.717) is 43.1 Å². The minimum Gasteiger partial charge on any atom is -0.424 e. The average molecular weight is 471 g/mol. The molecular weight excluding hydrogens is 436 g/mol. The van der Waals surface area contributed by atoms with Crippen LogP contribution < -0.4 is 5.32 Å². The number of nitriles is 1. The van der Waals surface area contributed by atoms with Crippen molar-refractivity contribution in [2.45, 2.75) is 63.8 Å². The summed E-state index contributed by atoms with van der Waals surface area (Å²) in [5.74, 6) is 2.33. The third-order valence-corrected chi connectivity index (χ3v) is 7.46. The monoisotopic (exact) mass is 470 g/mol. The summed E-state index contributed by atoms with van der Waals surface area (Å²) >= 11 is 6.55. The topological polar surface area (TPSA) is 74.3 Å². The Bertz CT molecular complexity index is 927. The lowest BCUT2D eigenvalue weighted by Gasteiger charge is -2.35. The molecule has 1 aliphatic heterocycles. The van der Waals surface area contributed by atoms with Crippen LogP contribution in [0, 0.1) is 17.2 Å². The minimum absolute atomic E-state index is 0.0525. The zero-order valence-electron chi connectivity index (χ0n) is 19.6. The van der Waals surface area contributed by atoms with Crippen LogP contribution in [0.2, 0.25) is 5.02 Å². The van der Waals surface area contributed by atoms with E-state index >= 15 is 0 Å². The highest BCUT2D eigenvalue weighted by atomic mass is 35.5. The van der Waals surface area contributed by atoms with Gasteiger partial charge in [0.25, 0.3) is 0 Å². The average Bonchev–Trinajstić information content (AvgIpc) is 3.28. The van der Waals surface area contributed by atoms with Crippen molar-refractivity contribution in [3.8, 4) is 6.07 Å². The molecular formula is C26H35ClN4O2. The maximum absolute atomic E-state index is 9.68. The van der Waals surface area contributed by atoms with Crippen molar-refractivity contribution in [2.24, 2.45) is 5.92 Å². The van der Waals surface area contributed by atoms with Crippen LogP contribution in [0.4, 0.5) is 5.88 Å². The van der Waals surface area contributed by atoms with Crippen LogP contribution in [0.15, 0.2) is 28.7 Å². The summed E-state index contributed by atoms with van der Waals surface area (Å²) in [5.41, 5.74) is 1.41. The highest BCUT2D eigenvalue weighted by molar-refractivity contribution is 6.31. The fourth-order valence-electron chi connectivity index (χ4n) is 5.16. The van der Waals surface area contributed by atoms with E-state index in [9.17, 15) is 5.26 Å². The van der Waals surface area contributed by atoms with Crippen molar-refractivity contribution in [2.75, 3.05) is 38.2 Å². The number of ether oxygens (including phenoxy) is 1. The van der Waals surface area contributed by atoms with E-state index in [1.165, 1.54) is 32.1 Å². The zero-order valence-corrected chi connectivity index (χ0v) is 20.3. The number of unbranched alkanes of at least 4 members (excludes halogenated alkanes) is 1. The molecule has 0 amide bonds. The van der Waals surface area contributed by atoms with Crippen molar-refractivity contribution < 1.29 is 9.15 Å². The number of morpholine rings is 1. The van der Waals surface area contributed by atoms with E-state index in [4.69, 9.17) is 20.8 Å². The molecule has 0 bridgehead atoms. The molecule has 2 fully saturated rings. The Morgan fingerprint density at radius 3 is 2.67 bits per heavy atom. The molecule has 33 heavy (non-hydrogen) atoms. The number of oxazole rings is 1. The van der Waals surface area contributed by atoms with Gasteiger partial charge in [-0.2, -0.15) is 5.26 Å². The number of benzene rings is 1. The molecule has 0 unspecified atom stereocenters. The number of halogens is 1. The summed E-state index contributed by atoms with van der Waals surface area (Å²) in [5, 5.41) is 13.8. The normalized spacial score (nSPS) is 22.6. The maximum Gasteiger partial charge on any atom is 0.232 e. The molecule has 0 spiro atoms. The standard InChI is InChI=1S/C26H35ClN4O2/c1-2-3-6-19-9-11-20(12-10-19)25-30-23(17-28)26(33-25)29-18-24(31-13-15-32-16-14-31)21-7-4-5-8-22(21)27/h4-5,7-8,19-20,24,29H,2-3,6,9-16,18H2,1H3/t19?,20?,24-/m1/s1. The minimum atomic E-state index is 0.0525. The molecule has 1 atom stereocenters. The van der Waals surface area contributed by atoms with Gasteiger partial charge in [0.15, 0.2) is 0 Å². The first-order chi connectivity index (χ1) is 16.2. The molecule has 0 radical (unpaired) electrons. The fraction of sp³-hybridized carbons (Fsp3) is 0.615. The lowest BCUT2D eigenvalue weighted by molar-refractivity contribution is 0.0186. The van der Waals surface area contributed by atoms with Crippen molar-refractivity contribution >= 4 is 17.5 Å². The quantitative estimate of drug-likeness (QED) is 0.473. The molecule has 1 saturated heterocycles. The van der Waals surface area contributed by atoms with Gasteiger partial charge in [-0.25, -0.2) is 4.98 Å². The van der Waals surface area contributed by atoms with Crippen LogP contribution in [0.5, 0.6) is 0 Å². The van der Waals surface area contributed by atoms with Gasteiger partial charge < -0.3 is 14.5 Å². The first kappa shape index (κ1) is 24.1. The molecule has 6 nitrogen and oxygen atoms in total. The summed E-state index contributed by atoms with van der Waals surface area (Å²) < 4.78 is 11.7. The molecule has 2 aromatic rings. The van der Waals surface area contributed by atoms with Gasteiger partial charge in [-0.3, -0.25) is 4.90 Å². The van der Waals surface area contributed by atoms with E-state index in [0.717, 1.165) is 42.4 Å². The molecule has 2 aliphatic rings. The van der Waals surface area contributed by atoms with Gasteiger partial charge in [0.1, 0.15) is 6.07 Å². The largest absolute Gasteiger partial charge is 0.424 e. The number of nitrogens with zero attached hydrogens (tertiary/aromatic N) is 3. The highest BCUT2D eigenvalue weighted by Crippen LogP contribution is 2.39. The van der Waals surface area contributed by atoms with Gasteiger partial charge in [-0.1, -0.05) is 56.0 Å². The van der Waals surface area contributed by atoms with Crippen LogP contribution in [0.25, 0.3) is 0 Å². The lowest BCUT2D eigenvalue weighted by atomic mass is 9.80. The predicted molar refractivity (Wildman–Crippen MR) is 131 cm³/mol.